The summed E-state index contributed by atoms with van der Waals surface area (Å²) in [7, 11) is -3.78. The molecule has 0 amide bonds. The standard InChI is InChI=1S/C13H19N3O4S/c1-13(2,3)14-21(19,20)10-5-6-11(15-7-4-8-15)12(9-10)16(17)18/h5-6,9,14H,4,7-8H2,1-3H3. The van der Waals surface area contributed by atoms with Gasteiger partial charge in [0.15, 0.2) is 0 Å². The van der Waals surface area contributed by atoms with Crippen molar-refractivity contribution in [3.8, 4) is 0 Å². The summed E-state index contributed by atoms with van der Waals surface area (Å²) in [5.41, 5.74) is -0.350. The average molecular weight is 313 g/mol. The number of sulfonamides is 1. The summed E-state index contributed by atoms with van der Waals surface area (Å²) < 4.78 is 27.0. The third-order valence-corrected chi connectivity index (χ3v) is 4.85. The Morgan fingerprint density at radius 2 is 1.90 bits per heavy atom. The van der Waals surface area contributed by atoms with Gasteiger partial charge in [-0.05, 0) is 39.3 Å². The van der Waals surface area contributed by atoms with E-state index in [1.165, 1.54) is 12.1 Å². The van der Waals surface area contributed by atoms with E-state index in [2.05, 4.69) is 4.72 Å². The SMILES string of the molecule is CC(C)(C)NS(=O)(=O)c1ccc(N2CCC2)c([N+](=O)[O-])c1. The molecule has 1 aliphatic heterocycles. The van der Waals surface area contributed by atoms with E-state index in [0.29, 0.717) is 5.69 Å². The quantitative estimate of drug-likeness (QED) is 0.677. The molecule has 1 fully saturated rings. The van der Waals surface area contributed by atoms with Crippen LogP contribution < -0.4 is 9.62 Å². The third kappa shape index (κ3) is 3.51. The molecule has 0 aromatic heterocycles. The molecule has 2 rings (SSSR count). The topological polar surface area (TPSA) is 92.6 Å². The Kier molecular flexibility index (Phi) is 3.94. The smallest absolute Gasteiger partial charge is 0.293 e. The van der Waals surface area contributed by atoms with Gasteiger partial charge in [-0.3, -0.25) is 10.1 Å². The second-order valence-corrected chi connectivity index (χ2v) is 7.79. The van der Waals surface area contributed by atoms with Crippen molar-refractivity contribution in [2.24, 2.45) is 0 Å². The fourth-order valence-corrected chi connectivity index (χ4v) is 3.54. The highest BCUT2D eigenvalue weighted by molar-refractivity contribution is 7.89. The summed E-state index contributed by atoms with van der Waals surface area (Å²) in [5.74, 6) is 0. The Hall–Kier alpha value is -1.67. The summed E-state index contributed by atoms with van der Waals surface area (Å²) in [6, 6.07) is 4.05. The van der Waals surface area contributed by atoms with Crippen molar-refractivity contribution in [3.63, 3.8) is 0 Å². The largest absolute Gasteiger partial charge is 0.366 e. The monoisotopic (exact) mass is 313 g/mol. The van der Waals surface area contributed by atoms with Crippen molar-refractivity contribution in [3.05, 3.63) is 28.3 Å². The minimum absolute atomic E-state index is 0.0894. The van der Waals surface area contributed by atoms with Crippen LogP contribution in [0.15, 0.2) is 23.1 Å². The molecule has 0 radical (unpaired) electrons. The van der Waals surface area contributed by atoms with Gasteiger partial charge >= 0.3 is 0 Å². The predicted octanol–water partition coefficient (Wildman–Crippen LogP) is 1.88. The minimum Gasteiger partial charge on any atom is -0.366 e. The van der Waals surface area contributed by atoms with E-state index in [4.69, 9.17) is 0 Å². The Morgan fingerprint density at radius 1 is 1.29 bits per heavy atom. The van der Waals surface area contributed by atoms with Crippen molar-refractivity contribution in [1.82, 2.24) is 4.72 Å². The Bertz CT molecular complexity index is 660. The van der Waals surface area contributed by atoms with Crippen LogP contribution >= 0.6 is 0 Å². The van der Waals surface area contributed by atoms with Gasteiger partial charge in [0.1, 0.15) is 5.69 Å². The van der Waals surface area contributed by atoms with Crippen LogP contribution in [0.5, 0.6) is 0 Å². The number of benzene rings is 1. The van der Waals surface area contributed by atoms with E-state index in [0.717, 1.165) is 25.6 Å². The first-order chi connectivity index (χ1) is 9.60. The van der Waals surface area contributed by atoms with Gasteiger partial charge in [0, 0.05) is 24.7 Å². The van der Waals surface area contributed by atoms with Crippen LogP contribution in [0.3, 0.4) is 0 Å². The van der Waals surface area contributed by atoms with E-state index in [1.54, 1.807) is 20.8 Å². The van der Waals surface area contributed by atoms with Crippen LogP contribution in [0.25, 0.3) is 0 Å². The van der Waals surface area contributed by atoms with Crippen LogP contribution in [0.4, 0.5) is 11.4 Å². The number of nitro groups is 1. The maximum atomic E-state index is 12.2. The van der Waals surface area contributed by atoms with Crippen molar-refractivity contribution in [1.29, 1.82) is 0 Å². The zero-order valence-electron chi connectivity index (χ0n) is 12.3. The molecule has 1 saturated heterocycles. The van der Waals surface area contributed by atoms with E-state index < -0.39 is 20.5 Å². The number of anilines is 1. The van der Waals surface area contributed by atoms with Crippen LogP contribution in [0.2, 0.25) is 0 Å². The summed E-state index contributed by atoms with van der Waals surface area (Å²) in [4.78, 5) is 12.4. The zero-order chi connectivity index (χ0) is 15.8. The molecule has 7 nitrogen and oxygen atoms in total. The van der Waals surface area contributed by atoms with Crippen LogP contribution in [-0.2, 0) is 10.0 Å². The van der Waals surface area contributed by atoms with Crippen molar-refractivity contribution >= 4 is 21.4 Å². The van der Waals surface area contributed by atoms with Gasteiger partial charge in [0.05, 0.1) is 9.82 Å². The molecule has 21 heavy (non-hydrogen) atoms. The van der Waals surface area contributed by atoms with Crippen LogP contribution in [-0.4, -0.2) is 32.0 Å². The van der Waals surface area contributed by atoms with Crippen molar-refractivity contribution in [2.75, 3.05) is 18.0 Å². The molecule has 0 bridgehead atoms. The normalized spacial score (nSPS) is 15.7. The van der Waals surface area contributed by atoms with Crippen LogP contribution in [0.1, 0.15) is 27.2 Å². The Labute approximate surface area is 124 Å². The second-order valence-electron chi connectivity index (χ2n) is 6.10. The number of nitrogens with one attached hydrogen (secondary N) is 1. The summed E-state index contributed by atoms with van der Waals surface area (Å²) in [6.45, 7) is 6.66. The molecule has 116 valence electrons. The number of nitro benzene ring substituents is 1. The second kappa shape index (κ2) is 5.27. The van der Waals surface area contributed by atoms with Crippen molar-refractivity contribution < 1.29 is 13.3 Å². The first kappa shape index (κ1) is 15.7. The molecular weight excluding hydrogens is 294 g/mol. The van der Waals surface area contributed by atoms with E-state index >= 15 is 0 Å². The van der Waals surface area contributed by atoms with Gasteiger partial charge < -0.3 is 4.90 Å². The summed E-state index contributed by atoms with van der Waals surface area (Å²) in [5, 5.41) is 11.2. The highest BCUT2D eigenvalue weighted by Gasteiger charge is 2.28. The lowest BCUT2D eigenvalue weighted by atomic mass is 10.1. The van der Waals surface area contributed by atoms with Gasteiger partial charge in [-0.2, -0.15) is 0 Å². The minimum atomic E-state index is -3.78. The lowest BCUT2D eigenvalue weighted by Crippen LogP contribution is -2.40. The summed E-state index contributed by atoms with van der Waals surface area (Å²) >= 11 is 0. The lowest BCUT2D eigenvalue weighted by Gasteiger charge is -2.32. The van der Waals surface area contributed by atoms with Crippen molar-refractivity contribution in [2.45, 2.75) is 37.6 Å². The number of hydrogen-bond acceptors (Lipinski definition) is 5. The highest BCUT2D eigenvalue weighted by atomic mass is 32.2. The zero-order valence-corrected chi connectivity index (χ0v) is 13.1. The molecule has 0 atom stereocenters. The maximum absolute atomic E-state index is 12.2. The summed E-state index contributed by atoms with van der Waals surface area (Å²) in [6.07, 6.45) is 0.989. The molecule has 0 aliphatic carbocycles. The molecule has 1 aromatic rings. The van der Waals surface area contributed by atoms with E-state index in [1.807, 2.05) is 4.90 Å². The molecule has 1 aliphatic rings. The first-order valence-corrected chi connectivity index (χ1v) is 8.16. The third-order valence-electron chi connectivity index (χ3n) is 3.09. The molecule has 8 heteroatoms. The maximum Gasteiger partial charge on any atom is 0.293 e. The number of hydrogen-bond donors (Lipinski definition) is 1. The van der Waals surface area contributed by atoms with Crippen LogP contribution in [0, 0.1) is 10.1 Å². The highest BCUT2D eigenvalue weighted by Crippen LogP contribution is 2.33. The molecule has 0 saturated carbocycles. The van der Waals surface area contributed by atoms with Gasteiger partial charge in [-0.1, -0.05) is 0 Å². The number of nitrogens with zero attached hydrogens (tertiary/aromatic N) is 2. The fraction of sp³-hybridized carbons (Fsp3) is 0.538. The first-order valence-electron chi connectivity index (χ1n) is 6.67. The van der Waals surface area contributed by atoms with Gasteiger partial charge in [-0.15, -0.1) is 0 Å². The van der Waals surface area contributed by atoms with E-state index in [9.17, 15) is 18.5 Å². The van der Waals surface area contributed by atoms with Gasteiger partial charge in [0.25, 0.3) is 5.69 Å². The molecule has 1 N–H and O–H groups in total. The predicted molar refractivity (Wildman–Crippen MR) is 80.0 cm³/mol. The molecule has 1 heterocycles. The Morgan fingerprint density at radius 3 is 2.33 bits per heavy atom. The van der Waals surface area contributed by atoms with Gasteiger partial charge in [0.2, 0.25) is 10.0 Å². The Balaban J connectivity index is 2.42. The lowest BCUT2D eigenvalue weighted by molar-refractivity contribution is -0.384. The molecule has 0 unspecified atom stereocenters. The molecular formula is C13H19N3O4S. The molecule has 1 aromatic carbocycles. The molecule has 0 spiro atoms. The van der Waals surface area contributed by atoms with Gasteiger partial charge in [-0.25, -0.2) is 13.1 Å². The average Bonchev–Trinajstić information content (AvgIpc) is 2.23. The van der Waals surface area contributed by atoms with E-state index in [-0.39, 0.29) is 10.6 Å². The number of rotatable bonds is 4. The fourth-order valence-electron chi connectivity index (χ4n) is 2.10.